The molecule has 2 aromatic heterocycles. The van der Waals surface area contributed by atoms with Crippen LogP contribution in [0.3, 0.4) is 0 Å². The highest BCUT2D eigenvalue weighted by Gasteiger charge is 2.37. The molecule has 6 heteroatoms. The molecule has 2 atom stereocenters. The van der Waals surface area contributed by atoms with Gasteiger partial charge in [0.2, 0.25) is 0 Å². The van der Waals surface area contributed by atoms with Crippen molar-refractivity contribution in [1.29, 1.82) is 0 Å². The van der Waals surface area contributed by atoms with Gasteiger partial charge in [-0.15, -0.1) is 0 Å². The zero-order chi connectivity index (χ0) is 19.5. The van der Waals surface area contributed by atoms with Crippen molar-refractivity contribution < 1.29 is 5.11 Å². The molecule has 1 fully saturated rings. The van der Waals surface area contributed by atoms with E-state index in [9.17, 15) is 5.11 Å². The van der Waals surface area contributed by atoms with E-state index in [1.165, 1.54) is 30.6 Å². The Morgan fingerprint density at radius 3 is 2.82 bits per heavy atom. The van der Waals surface area contributed by atoms with Gasteiger partial charge in [-0.3, -0.25) is 4.90 Å². The van der Waals surface area contributed by atoms with Gasteiger partial charge in [-0.1, -0.05) is 23.7 Å². The first-order chi connectivity index (χ1) is 13.4. The van der Waals surface area contributed by atoms with Crippen LogP contribution in [0.4, 0.5) is 0 Å². The molecule has 2 unspecified atom stereocenters. The van der Waals surface area contributed by atoms with Crippen LogP contribution in [0.25, 0.3) is 11.2 Å². The van der Waals surface area contributed by atoms with E-state index in [4.69, 9.17) is 21.6 Å². The Bertz CT molecular complexity index is 1040. The molecular formula is C22H25ClN4O. The number of halogens is 1. The molecule has 1 N–H and O–H groups in total. The minimum Gasteiger partial charge on any atom is -0.384 e. The van der Waals surface area contributed by atoms with Crippen molar-refractivity contribution >= 4 is 22.8 Å². The Labute approximate surface area is 170 Å². The molecule has 5 rings (SSSR count). The molecule has 0 bridgehead atoms. The van der Waals surface area contributed by atoms with E-state index >= 15 is 0 Å². The van der Waals surface area contributed by atoms with E-state index in [-0.39, 0.29) is 0 Å². The molecule has 0 spiro atoms. The van der Waals surface area contributed by atoms with Crippen LogP contribution in [0, 0.1) is 6.92 Å². The van der Waals surface area contributed by atoms with Crippen molar-refractivity contribution in [3.63, 3.8) is 0 Å². The van der Waals surface area contributed by atoms with Gasteiger partial charge in [0.05, 0.1) is 18.4 Å². The molecule has 0 aliphatic carbocycles. The maximum absolute atomic E-state index is 11.3. The highest BCUT2D eigenvalue weighted by atomic mass is 35.5. The molecular weight excluding hydrogens is 372 g/mol. The van der Waals surface area contributed by atoms with Crippen molar-refractivity contribution in [3.05, 3.63) is 58.0 Å². The largest absolute Gasteiger partial charge is 0.384 e. The third-order valence-electron chi connectivity index (χ3n) is 6.29. The normalized spacial score (nSPS) is 21.5. The van der Waals surface area contributed by atoms with Gasteiger partial charge in [0.25, 0.3) is 0 Å². The predicted molar refractivity (Wildman–Crippen MR) is 111 cm³/mol. The fourth-order valence-electron chi connectivity index (χ4n) is 4.93. The lowest BCUT2D eigenvalue weighted by Crippen LogP contribution is -2.33. The third-order valence-corrected chi connectivity index (χ3v) is 6.54. The van der Waals surface area contributed by atoms with Crippen LogP contribution in [-0.4, -0.2) is 37.6 Å². The van der Waals surface area contributed by atoms with E-state index in [0.717, 1.165) is 35.4 Å². The molecule has 0 amide bonds. The Kier molecular flexibility index (Phi) is 4.23. The standard InChI is InChI=1S/C22H25ClN4O/c1-14-12-24-21-20(25-14)19-17-4-3-10-26(17)11-9-18(19)27(21)13-22(2,28)15-5-7-16(23)8-6-15/h5-8,12,17,28H,3-4,9-11,13H2,1-2H3. The lowest BCUT2D eigenvalue weighted by atomic mass is 9.95. The molecule has 3 aromatic rings. The third kappa shape index (κ3) is 2.84. The first kappa shape index (κ1) is 18.1. The zero-order valence-corrected chi connectivity index (χ0v) is 17.1. The van der Waals surface area contributed by atoms with Crippen LogP contribution >= 0.6 is 11.6 Å². The zero-order valence-electron chi connectivity index (χ0n) is 16.3. The fraction of sp³-hybridized carbons (Fsp3) is 0.455. The second-order valence-corrected chi connectivity index (χ2v) is 8.79. The van der Waals surface area contributed by atoms with Gasteiger partial charge in [0.15, 0.2) is 5.65 Å². The van der Waals surface area contributed by atoms with Gasteiger partial charge in [0.1, 0.15) is 11.1 Å². The van der Waals surface area contributed by atoms with E-state index in [1.807, 2.05) is 44.3 Å². The van der Waals surface area contributed by atoms with Crippen LogP contribution in [0.1, 0.15) is 48.3 Å². The van der Waals surface area contributed by atoms with E-state index < -0.39 is 5.60 Å². The summed E-state index contributed by atoms with van der Waals surface area (Å²) in [4.78, 5) is 12.2. The van der Waals surface area contributed by atoms with Crippen LogP contribution in [0.5, 0.6) is 0 Å². The Morgan fingerprint density at radius 1 is 1.25 bits per heavy atom. The lowest BCUT2D eigenvalue weighted by Gasteiger charge is -2.32. The molecule has 1 saturated heterocycles. The number of aliphatic hydroxyl groups is 1. The van der Waals surface area contributed by atoms with Crippen LogP contribution in [-0.2, 0) is 18.6 Å². The van der Waals surface area contributed by atoms with E-state index in [0.29, 0.717) is 17.6 Å². The Balaban J connectivity index is 1.65. The number of aryl methyl sites for hydroxylation is 1. The average Bonchev–Trinajstić information content (AvgIpc) is 3.25. The first-order valence-electron chi connectivity index (χ1n) is 10.0. The maximum atomic E-state index is 11.3. The van der Waals surface area contributed by atoms with Crippen LogP contribution < -0.4 is 0 Å². The van der Waals surface area contributed by atoms with Crippen molar-refractivity contribution in [2.75, 3.05) is 13.1 Å². The predicted octanol–water partition coefficient (Wildman–Crippen LogP) is 3.99. The van der Waals surface area contributed by atoms with Crippen molar-refractivity contribution in [3.8, 4) is 0 Å². The van der Waals surface area contributed by atoms with Gasteiger partial charge in [-0.2, -0.15) is 0 Å². The van der Waals surface area contributed by atoms with E-state index in [2.05, 4.69) is 9.47 Å². The number of aromatic nitrogens is 3. The quantitative estimate of drug-likeness (QED) is 0.727. The van der Waals surface area contributed by atoms with Crippen molar-refractivity contribution in [2.45, 2.75) is 51.3 Å². The first-order valence-corrected chi connectivity index (χ1v) is 10.4. The second-order valence-electron chi connectivity index (χ2n) is 8.35. The Morgan fingerprint density at radius 2 is 2.04 bits per heavy atom. The highest BCUT2D eigenvalue weighted by Crippen LogP contribution is 2.42. The number of nitrogens with zero attached hydrogens (tertiary/aromatic N) is 4. The molecule has 5 nitrogen and oxygen atoms in total. The fourth-order valence-corrected chi connectivity index (χ4v) is 5.05. The summed E-state index contributed by atoms with van der Waals surface area (Å²) in [5.41, 5.74) is 5.29. The summed E-state index contributed by atoms with van der Waals surface area (Å²) in [5.74, 6) is 0. The molecule has 28 heavy (non-hydrogen) atoms. The summed E-state index contributed by atoms with van der Waals surface area (Å²) in [6.07, 6.45) is 5.21. The van der Waals surface area contributed by atoms with Gasteiger partial charge < -0.3 is 9.67 Å². The number of hydrogen-bond donors (Lipinski definition) is 1. The topological polar surface area (TPSA) is 54.2 Å². The van der Waals surface area contributed by atoms with E-state index in [1.54, 1.807) is 0 Å². The summed E-state index contributed by atoms with van der Waals surface area (Å²) in [6.45, 7) is 6.54. The average molecular weight is 397 g/mol. The summed E-state index contributed by atoms with van der Waals surface area (Å²) in [5, 5.41) is 12.0. The number of fused-ring (bicyclic) bond motifs is 5. The maximum Gasteiger partial charge on any atom is 0.159 e. The van der Waals surface area contributed by atoms with Crippen molar-refractivity contribution in [1.82, 2.24) is 19.4 Å². The number of rotatable bonds is 3. The molecule has 1 aromatic carbocycles. The summed E-state index contributed by atoms with van der Waals surface area (Å²) in [6, 6.07) is 7.89. The molecule has 0 radical (unpaired) electrons. The molecule has 146 valence electrons. The molecule has 2 aliphatic heterocycles. The van der Waals surface area contributed by atoms with Crippen molar-refractivity contribution in [2.24, 2.45) is 0 Å². The lowest BCUT2D eigenvalue weighted by molar-refractivity contribution is 0.0382. The Hall–Kier alpha value is -1.95. The van der Waals surface area contributed by atoms with Crippen LogP contribution in [0.2, 0.25) is 5.02 Å². The molecule has 2 aliphatic rings. The van der Waals surface area contributed by atoms with Gasteiger partial charge >= 0.3 is 0 Å². The number of benzene rings is 1. The second kappa shape index (κ2) is 6.55. The van der Waals surface area contributed by atoms with Gasteiger partial charge in [-0.25, -0.2) is 9.97 Å². The minimum absolute atomic E-state index is 0.434. The summed E-state index contributed by atoms with van der Waals surface area (Å²) >= 11 is 6.03. The van der Waals surface area contributed by atoms with Gasteiger partial charge in [-0.05, 0) is 50.9 Å². The molecule has 0 saturated carbocycles. The highest BCUT2D eigenvalue weighted by molar-refractivity contribution is 6.30. The summed E-state index contributed by atoms with van der Waals surface area (Å²) in [7, 11) is 0. The van der Waals surface area contributed by atoms with Gasteiger partial charge in [0, 0.05) is 35.3 Å². The minimum atomic E-state index is -1.02. The van der Waals surface area contributed by atoms with Crippen LogP contribution in [0.15, 0.2) is 30.5 Å². The monoisotopic (exact) mass is 396 g/mol. The number of hydrogen-bond acceptors (Lipinski definition) is 4. The smallest absolute Gasteiger partial charge is 0.159 e. The molecule has 4 heterocycles. The SMILES string of the molecule is Cc1cnc2c(n1)c1c(n2CC(C)(O)c2ccc(Cl)cc2)CCN2CCCC12. The summed E-state index contributed by atoms with van der Waals surface area (Å²) < 4.78 is 2.21.